The maximum Gasteiger partial charge on any atom is 0.245 e. The number of imidazole rings is 1. The highest BCUT2D eigenvalue weighted by molar-refractivity contribution is 7.89. The first-order chi connectivity index (χ1) is 14.7. The second-order valence-corrected chi connectivity index (χ2v) is 10.2. The van der Waals surface area contributed by atoms with E-state index < -0.39 is 10.0 Å². The summed E-state index contributed by atoms with van der Waals surface area (Å²) in [5, 5.41) is 2.65. The molecule has 0 radical (unpaired) electrons. The van der Waals surface area contributed by atoms with Crippen molar-refractivity contribution in [2.24, 2.45) is 0 Å². The van der Waals surface area contributed by atoms with Crippen LogP contribution in [0.15, 0.2) is 41.6 Å². The van der Waals surface area contributed by atoms with E-state index in [2.05, 4.69) is 28.7 Å². The molecule has 1 aliphatic rings. The van der Waals surface area contributed by atoms with Crippen LogP contribution in [0.3, 0.4) is 0 Å². The molecule has 2 aromatic heterocycles. The van der Waals surface area contributed by atoms with E-state index in [1.165, 1.54) is 11.2 Å². The maximum absolute atomic E-state index is 13.5. The van der Waals surface area contributed by atoms with Gasteiger partial charge in [0.1, 0.15) is 10.7 Å². The van der Waals surface area contributed by atoms with Crippen LogP contribution < -0.4 is 5.32 Å². The average Bonchev–Trinajstić information content (AvgIpc) is 3.33. The number of anilines is 1. The van der Waals surface area contributed by atoms with Gasteiger partial charge < -0.3 is 9.88 Å². The van der Waals surface area contributed by atoms with Crippen molar-refractivity contribution in [3.8, 4) is 0 Å². The van der Waals surface area contributed by atoms with Gasteiger partial charge in [0, 0.05) is 38.2 Å². The summed E-state index contributed by atoms with van der Waals surface area (Å²) in [5.41, 5.74) is 2.95. The van der Waals surface area contributed by atoms with Crippen molar-refractivity contribution in [1.29, 1.82) is 0 Å². The lowest BCUT2D eigenvalue weighted by atomic mass is 10.1. The Morgan fingerprint density at radius 2 is 2.03 bits per heavy atom. The molecule has 1 aliphatic heterocycles. The molecule has 0 spiro atoms. The summed E-state index contributed by atoms with van der Waals surface area (Å²) in [4.78, 5) is 20.8. The van der Waals surface area contributed by atoms with Gasteiger partial charge in [-0.25, -0.2) is 13.4 Å². The molecular weight excluding hydrogens is 414 g/mol. The fraction of sp³-hybridized carbons (Fsp3) is 0.409. The Labute approximate surface area is 182 Å². The third-order valence-corrected chi connectivity index (χ3v) is 7.52. The monoisotopic (exact) mass is 441 g/mol. The number of nitrogens with one attached hydrogen (secondary N) is 1. The van der Waals surface area contributed by atoms with Crippen molar-refractivity contribution in [1.82, 2.24) is 18.8 Å². The highest BCUT2D eigenvalue weighted by Gasteiger charge is 2.37. The number of hydrogen-bond donors (Lipinski definition) is 1. The zero-order valence-corrected chi connectivity index (χ0v) is 19.0. The molecule has 0 saturated carbocycles. The van der Waals surface area contributed by atoms with Crippen molar-refractivity contribution < 1.29 is 13.2 Å². The van der Waals surface area contributed by atoms with Gasteiger partial charge in [-0.15, -0.1) is 0 Å². The molecule has 1 atom stereocenters. The SMILES string of the molecule is CC(=O)Nc1ccc(C)cc1S(=O)(=O)N1CCC(c2nc3ccncc3n2C(C)C)C1. The molecule has 3 heterocycles. The number of hydrogen-bond acceptors (Lipinski definition) is 5. The molecule has 1 N–H and O–H groups in total. The first-order valence-corrected chi connectivity index (χ1v) is 11.8. The lowest BCUT2D eigenvalue weighted by Gasteiger charge is -2.20. The summed E-state index contributed by atoms with van der Waals surface area (Å²) in [5.74, 6) is 0.569. The van der Waals surface area contributed by atoms with E-state index in [-0.39, 0.29) is 22.8 Å². The van der Waals surface area contributed by atoms with E-state index in [9.17, 15) is 13.2 Å². The molecule has 164 valence electrons. The Hall–Kier alpha value is -2.78. The normalized spacial score (nSPS) is 17.5. The Morgan fingerprint density at radius 1 is 1.26 bits per heavy atom. The highest BCUT2D eigenvalue weighted by Crippen LogP contribution is 2.35. The number of aromatic nitrogens is 3. The molecular formula is C22H27N5O3S. The lowest BCUT2D eigenvalue weighted by Crippen LogP contribution is -2.30. The number of nitrogens with zero attached hydrogens (tertiary/aromatic N) is 4. The summed E-state index contributed by atoms with van der Waals surface area (Å²) in [7, 11) is -3.77. The van der Waals surface area contributed by atoms with Crippen LogP contribution in [-0.4, -0.2) is 46.3 Å². The summed E-state index contributed by atoms with van der Waals surface area (Å²) in [6, 6.07) is 7.10. The zero-order chi connectivity index (χ0) is 22.3. The smallest absolute Gasteiger partial charge is 0.245 e. The average molecular weight is 442 g/mol. The van der Waals surface area contributed by atoms with Gasteiger partial charge in [0.25, 0.3) is 0 Å². The molecule has 31 heavy (non-hydrogen) atoms. The molecule has 8 nitrogen and oxygen atoms in total. The number of amides is 1. The molecule has 9 heteroatoms. The Morgan fingerprint density at radius 3 is 2.74 bits per heavy atom. The van der Waals surface area contributed by atoms with E-state index in [1.807, 2.05) is 19.2 Å². The minimum atomic E-state index is -3.77. The molecule has 1 fully saturated rings. The Balaban J connectivity index is 1.69. The predicted octanol–water partition coefficient (Wildman–Crippen LogP) is 3.46. The molecule has 1 amide bonds. The fourth-order valence-corrected chi connectivity index (χ4v) is 5.95. The maximum atomic E-state index is 13.5. The number of aryl methyl sites for hydroxylation is 1. The van der Waals surface area contributed by atoms with Gasteiger partial charge in [0.15, 0.2) is 0 Å². The number of sulfonamides is 1. The molecule has 1 saturated heterocycles. The van der Waals surface area contributed by atoms with Crippen molar-refractivity contribution in [2.75, 3.05) is 18.4 Å². The third kappa shape index (κ3) is 3.95. The molecule has 0 aliphatic carbocycles. The van der Waals surface area contributed by atoms with Gasteiger partial charge in [-0.05, 0) is 51.0 Å². The van der Waals surface area contributed by atoms with Crippen LogP contribution in [0.5, 0.6) is 0 Å². The topological polar surface area (TPSA) is 97.2 Å². The van der Waals surface area contributed by atoms with Crippen LogP contribution in [0.25, 0.3) is 11.0 Å². The lowest BCUT2D eigenvalue weighted by molar-refractivity contribution is -0.114. The molecule has 0 bridgehead atoms. The van der Waals surface area contributed by atoms with Crippen LogP contribution in [0, 0.1) is 6.92 Å². The van der Waals surface area contributed by atoms with Crippen molar-refractivity contribution >= 4 is 32.7 Å². The van der Waals surface area contributed by atoms with Crippen molar-refractivity contribution in [2.45, 2.75) is 51.0 Å². The van der Waals surface area contributed by atoms with Gasteiger partial charge in [0.2, 0.25) is 15.9 Å². The van der Waals surface area contributed by atoms with E-state index >= 15 is 0 Å². The summed E-state index contributed by atoms with van der Waals surface area (Å²) >= 11 is 0. The van der Waals surface area contributed by atoms with Crippen LogP contribution in [-0.2, 0) is 14.8 Å². The van der Waals surface area contributed by atoms with Crippen LogP contribution >= 0.6 is 0 Å². The van der Waals surface area contributed by atoms with Gasteiger partial charge in [-0.1, -0.05) is 6.07 Å². The van der Waals surface area contributed by atoms with Gasteiger partial charge in [-0.3, -0.25) is 9.78 Å². The number of carbonyl (C=O) groups excluding carboxylic acids is 1. The minimum Gasteiger partial charge on any atom is -0.325 e. The molecule has 4 rings (SSSR count). The summed E-state index contributed by atoms with van der Waals surface area (Å²) in [6.07, 6.45) is 4.21. The Bertz CT molecular complexity index is 1250. The highest BCUT2D eigenvalue weighted by atomic mass is 32.2. The predicted molar refractivity (Wildman–Crippen MR) is 120 cm³/mol. The van der Waals surface area contributed by atoms with Gasteiger partial charge >= 0.3 is 0 Å². The number of benzene rings is 1. The van der Waals surface area contributed by atoms with E-state index in [4.69, 9.17) is 4.98 Å². The largest absolute Gasteiger partial charge is 0.325 e. The van der Waals surface area contributed by atoms with Crippen LogP contribution in [0.1, 0.15) is 50.5 Å². The number of pyridine rings is 1. The third-order valence-electron chi connectivity index (χ3n) is 5.62. The fourth-order valence-electron chi connectivity index (χ4n) is 4.22. The van der Waals surface area contributed by atoms with E-state index in [0.717, 1.165) is 22.4 Å². The van der Waals surface area contributed by atoms with E-state index in [1.54, 1.807) is 24.4 Å². The molecule has 1 aromatic carbocycles. The van der Waals surface area contributed by atoms with E-state index in [0.29, 0.717) is 25.2 Å². The Kier molecular flexibility index (Phi) is 5.57. The van der Waals surface area contributed by atoms with Crippen molar-refractivity contribution in [3.63, 3.8) is 0 Å². The van der Waals surface area contributed by atoms with Crippen LogP contribution in [0.2, 0.25) is 0 Å². The van der Waals surface area contributed by atoms with Crippen molar-refractivity contribution in [3.05, 3.63) is 48.0 Å². The molecule has 3 aromatic rings. The van der Waals surface area contributed by atoms with Gasteiger partial charge in [-0.2, -0.15) is 4.31 Å². The number of rotatable bonds is 5. The second-order valence-electron chi connectivity index (χ2n) is 8.33. The summed E-state index contributed by atoms with van der Waals surface area (Å²) < 4.78 is 30.6. The first-order valence-electron chi connectivity index (χ1n) is 10.4. The van der Waals surface area contributed by atoms with Gasteiger partial charge in [0.05, 0.1) is 22.9 Å². The number of carbonyl (C=O) groups is 1. The standard InChI is InChI=1S/C22H27N5O3S/c1-14(2)27-20-12-23-9-7-18(20)25-22(27)17-8-10-26(13-17)31(29,30)21-11-15(3)5-6-19(21)24-16(4)28/h5-7,9,11-12,14,17H,8,10,13H2,1-4H3,(H,24,28). The second kappa shape index (κ2) is 8.05. The quantitative estimate of drug-likeness (QED) is 0.654. The minimum absolute atomic E-state index is 0.0152. The molecule has 1 unspecified atom stereocenters. The summed E-state index contributed by atoms with van der Waals surface area (Å²) in [6.45, 7) is 8.14. The zero-order valence-electron chi connectivity index (χ0n) is 18.2. The number of fused-ring (bicyclic) bond motifs is 1. The van der Waals surface area contributed by atoms with Crippen LogP contribution in [0.4, 0.5) is 5.69 Å². The first kappa shape index (κ1) is 21.5.